The van der Waals surface area contributed by atoms with E-state index in [1.54, 1.807) is 0 Å². The topological polar surface area (TPSA) is 103 Å². The predicted octanol–water partition coefficient (Wildman–Crippen LogP) is 0.517. The second-order valence-electron chi connectivity index (χ2n) is 3.98. The lowest BCUT2D eigenvalue weighted by Crippen LogP contribution is -2.23. The number of H-pyrrole nitrogens is 1. The summed E-state index contributed by atoms with van der Waals surface area (Å²) in [5.41, 5.74) is 1.77. The highest BCUT2D eigenvalue weighted by atomic mass is 16.4. The van der Waals surface area contributed by atoms with Gasteiger partial charge in [0.1, 0.15) is 0 Å². The average molecular weight is 236 g/mol. The van der Waals surface area contributed by atoms with Crippen molar-refractivity contribution in [2.45, 2.75) is 25.7 Å². The van der Waals surface area contributed by atoms with Crippen molar-refractivity contribution in [1.82, 2.24) is 4.98 Å². The summed E-state index contributed by atoms with van der Waals surface area (Å²) in [4.78, 5) is 24.8. The van der Waals surface area contributed by atoms with Gasteiger partial charge in [0.2, 0.25) is 5.56 Å². The Morgan fingerprint density at radius 3 is 2.88 bits per heavy atom. The lowest BCUT2D eigenvalue weighted by atomic mass is 9.89. The number of nitrogens with one attached hydrogen (secondary N) is 1. The maximum Gasteiger partial charge on any atom is 0.307 e. The number of pyridine rings is 1. The number of carboxylic acid groups (broad SMARTS) is 1. The van der Waals surface area contributed by atoms with Crippen LogP contribution in [-0.4, -0.2) is 27.0 Å². The molecule has 2 rings (SSSR count). The Morgan fingerprint density at radius 2 is 2.24 bits per heavy atom. The van der Waals surface area contributed by atoms with Crippen molar-refractivity contribution >= 4 is 11.7 Å². The molecular formula is C11H12N2O4. The van der Waals surface area contributed by atoms with E-state index in [0.29, 0.717) is 35.4 Å². The minimum Gasteiger partial charge on any atom is -0.481 e. The Kier molecular flexibility index (Phi) is 2.95. The number of hydrogen-bond donors (Lipinski definition) is 3. The summed E-state index contributed by atoms with van der Waals surface area (Å²) in [5, 5.41) is 20.9. The molecule has 0 radical (unpaired) electrons. The van der Waals surface area contributed by atoms with E-state index in [1.807, 2.05) is 0 Å². The summed E-state index contributed by atoms with van der Waals surface area (Å²) in [5.74, 6) is -1.01. The molecule has 0 fully saturated rings. The van der Waals surface area contributed by atoms with Crippen molar-refractivity contribution in [3.63, 3.8) is 0 Å². The van der Waals surface area contributed by atoms with Crippen LogP contribution in [0.3, 0.4) is 0 Å². The fraction of sp³-hybridized carbons (Fsp3) is 0.364. The highest BCUT2D eigenvalue weighted by molar-refractivity contribution is 6.03. The summed E-state index contributed by atoms with van der Waals surface area (Å²) in [6.45, 7) is 0. The molecule has 0 saturated heterocycles. The van der Waals surface area contributed by atoms with E-state index in [2.05, 4.69) is 10.1 Å². The molecule has 1 aliphatic carbocycles. The Morgan fingerprint density at radius 1 is 1.47 bits per heavy atom. The molecule has 0 spiro atoms. The third kappa shape index (κ3) is 2.20. The molecule has 6 heteroatoms. The van der Waals surface area contributed by atoms with E-state index in [1.165, 1.54) is 6.07 Å². The zero-order valence-corrected chi connectivity index (χ0v) is 9.06. The molecule has 3 N–H and O–H groups in total. The number of oxime groups is 1. The maximum atomic E-state index is 11.4. The molecule has 17 heavy (non-hydrogen) atoms. The van der Waals surface area contributed by atoms with Crippen LogP contribution in [-0.2, 0) is 17.6 Å². The molecule has 6 nitrogen and oxygen atoms in total. The summed E-state index contributed by atoms with van der Waals surface area (Å²) < 4.78 is 0. The van der Waals surface area contributed by atoms with Gasteiger partial charge in [0.25, 0.3) is 0 Å². The molecule has 1 aromatic heterocycles. The molecule has 0 amide bonds. The number of fused-ring (bicyclic) bond motifs is 1. The van der Waals surface area contributed by atoms with Crippen LogP contribution in [0.25, 0.3) is 0 Å². The van der Waals surface area contributed by atoms with Gasteiger partial charge in [0, 0.05) is 17.3 Å². The fourth-order valence-corrected chi connectivity index (χ4v) is 2.18. The number of aryl methyl sites for hydroxylation is 1. The van der Waals surface area contributed by atoms with Gasteiger partial charge in [-0.3, -0.25) is 9.59 Å². The van der Waals surface area contributed by atoms with Crippen molar-refractivity contribution in [3.8, 4) is 0 Å². The summed E-state index contributed by atoms with van der Waals surface area (Å²) in [6.07, 6.45) is 1.78. The molecular weight excluding hydrogens is 224 g/mol. The third-order valence-electron chi connectivity index (χ3n) is 2.79. The molecule has 1 aliphatic rings. The van der Waals surface area contributed by atoms with Gasteiger partial charge in [-0.25, -0.2) is 0 Å². The van der Waals surface area contributed by atoms with Crippen LogP contribution in [0.4, 0.5) is 0 Å². The summed E-state index contributed by atoms with van der Waals surface area (Å²) >= 11 is 0. The van der Waals surface area contributed by atoms with Crippen LogP contribution >= 0.6 is 0 Å². The van der Waals surface area contributed by atoms with Crippen LogP contribution in [0.1, 0.15) is 29.7 Å². The van der Waals surface area contributed by atoms with Crippen molar-refractivity contribution in [3.05, 3.63) is 33.2 Å². The normalized spacial score (nSPS) is 16.8. The van der Waals surface area contributed by atoms with Gasteiger partial charge in [0.15, 0.2) is 0 Å². The Hall–Kier alpha value is -2.11. The number of carbonyl (C=O) groups is 1. The quantitative estimate of drug-likeness (QED) is 0.514. The van der Waals surface area contributed by atoms with E-state index in [4.69, 9.17) is 10.3 Å². The SMILES string of the molecule is O=C(O)Cc1cc(=O)[nH]c2c1/C(=N/O)CCC2. The molecule has 0 aliphatic heterocycles. The highest BCUT2D eigenvalue weighted by Gasteiger charge is 2.22. The predicted molar refractivity (Wildman–Crippen MR) is 59.7 cm³/mol. The Labute approximate surface area is 96.6 Å². The Bertz CT molecular complexity index is 545. The van der Waals surface area contributed by atoms with Gasteiger partial charge in [-0.15, -0.1) is 0 Å². The van der Waals surface area contributed by atoms with E-state index >= 15 is 0 Å². The first-order valence-electron chi connectivity index (χ1n) is 5.30. The first-order chi connectivity index (χ1) is 8.11. The van der Waals surface area contributed by atoms with Crippen molar-refractivity contribution in [1.29, 1.82) is 0 Å². The largest absolute Gasteiger partial charge is 0.481 e. The molecule has 1 heterocycles. The van der Waals surface area contributed by atoms with Gasteiger partial charge in [-0.1, -0.05) is 5.16 Å². The smallest absolute Gasteiger partial charge is 0.307 e. The van der Waals surface area contributed by atoms with Crippen LogP contribution < -0.4 is 5.56 Å². The minimum atomic E-state index is -1.01. The van der Waals surface area contributed by atoms with Crippen LogP contribution in [0, 0.1) is 0 Å². The zero-order chi connectivity index (χ0) is 12.4. The van der Waals surface area contributed by atoms with Gasteiger partial charge >= 0.3 is 5.97 Å². The lowest BCUT2D eigenvalue weighted by molar-refractivity contribution is -0.136. The van der Waals surface area contributed by atoms with Crippen LogP contribution in [0.15, 0.2) is 16.0 Å². The standard InChI is InChI=1S/C11H12N2O4/c14-9-4-6(5-10(15)16)11-7(12-9)2-1-3-8(11)13-17/h4,17H,1-3,5H2,(H,12,14)(H,15,16)/b13-8+. The molecule has 0 atom stereocenters. The number of carboxylic acids is 1. The third-order valence-corrected chi connectivity index (χ3v) is 2.79. The number of rotatable bonds is 2. The monoisotopic (exact) mass is 236 g/mol. The Balaban J connectivity index is 2.62. The van der Waals surface area contributed by atoms with Gasteiger partial charge in [-0.05, 0) is 24.8 Å². The second kappa shape index (κ2) is 4.40. The lowest BCUT2D eigenvalue weighted by Gasteiger charge is -2.18. The summed E-state index contributed by atoms with van der Waals surface area (Å²) in [6, 6.07) is 1.25. The molecule has 0 aromatic carbocycles. The molecule has 0 bridgehead atoms. The van der Waals surface area contributed by atoms with Crippen molar-refractivity contribution < 1.29 is 15.1 Å². The van der Waals surface area contributed by atoms with E-state index in [0.717, 1.165) is 6.42 Å². The summed E-state index contributed by atoms with van der Waals surface area (Å²) in [7, 11) is 0. The second-order valence-corrected chi connectivity index (χ2v) is 3.98. The van der Waals surface area contributed by atoms with Crippen molar-refractivity contribution in [2.24, 2.45) is 5.16 Å². The van der Waals surface area contributed by atoms with E-state index in [9.17, 15) is 9.59 Å². The first kappa shape index (κ1) is 11.4. The number of aliphatic carboxylic acids is 1. The molecule has 90 valence electrons. The van der Waals surface area contributed by atoms with E-state index in [-0.39, 0.29) is 12.0 Å². The number of nitrogens with zero attached hydrogens (tertiary/aromatic N) is 1. The minimum absolute atomic E-state index is 0.245. The molecule has 1 aromatic rings. The molecule has 0 unspecified atom stereocenters. The first-order valence-corrected chi connectivity index (χ1v) is 5.30. The highest BCUT2D eigenvalue weighted by Crippen LogP contribution is 2.22. The molecule has 0 saturated carbocycles. The number of aromatic nitrogens is 1. The fourth-order valence-electron chi connectivity index (χ4n) is 2.18. The number of aromatic amines is 1. The average Bonchev–Trinajstić information content (AvgIpc) is 2.26. The van der Waals surface area contributed by atoms with Crippen LogP contribution in [0.2, 0.25) is 0 Å². The zero-order valence-electron chi connectivity index (χ0n) is 9.06. The number of hydrogen-bond acceptors (Lipinski definition) is 4. The van der Waals surface area contributed by atoms with Gasteiger partial charge in [-0.2, -0.15) is 0 Å². The van der Waals surface area contributed by atoms with Crippen LogP contribution in [0.5, 0.6) is 0 Å². The van der Waals surface area contributed by atoms with Gasteiger partial charge < -0.3 is 15.3 Å². The van der Waals surface area contributed by atoms with E-state index < -0.39 is 5.97 Å². The van der Waals surface area contributed by atoms with Gasteiger partial charge in [0.05, 0.1) is 12.1 Å². The van der Waals surface area contributed by atoms with Crippen molar-refractivity contribution in [2.75, 3.05) is 0 Å². The maximum absolute atomic E-state index is 11.4.